The van der Waals surface area contributed by atoms with E-state index in [0.717, 1.165) is 31.6 Å². The topological polar surface area (TPSA) is 99.3 Å². The minimum absolute atomic E-state index is 0.126. The number of amides is 4. The number of nitrogens with one attached hydrogen (secondary N) is 1. The first kappa shape index (κ1) is 23.0. The Morgan fingerprint density at radius 1 is 0.943 bits per heavy atom. The first-order valence-corrected chi connectivity index (χ1v) is 12.0. The van der Waals surface area contributed by atoms with E-state index in [9.17, 15) is 19.2 Å². The molecule has 0 spiro atoms. The second-order valence-electron chi connectivity index (χ2n) is 9.00. The Morgan fingerprint density at radius 2 is 1.69 bits per heavy atom. The van der Waals surface area contributed by atoms with Crippen LogP contribution in [0.2, 0.25) is 0 Å². The van der Waals surface area contributed by atoms with Gasteiger partial charge in [0.25, 0.3) is 17.7 Å². The van der Waals surface area contributed by atoms with Crippen molar-refractivity contribution in [2.45, 2.75) is 18.9 Å². The van der Waals surface area contributed by atoms with Crippen molar-refractivity contribution in [1.82, 2.24) is 15.1 Å². The summed E-state index contributed by atoms with van der Waals surface area (Å²) in [6.45, 7) is 3.36. The van der Waals surface area contributed by atoms with Crippen molar-refractivity contribution >= 4 is 29.3 Å². The molecule has 9 heteroatoms. The molecule has 0 aliphatic carbocycles. The molecule has 1 unspecified atom stereocenters. The highest BCUT2D eigenvalue weighted by Gasteiger charge is 2.38. The second-order valence-corrected chi connectivity index (χ2v) is 9.00. The molecule has 35 heavy (non-hydrogen) atoms. The summed E-state index contributed by atoms with van der Waals surface area (Å²) in [4.78, 5) is 56.0. The normalized spacial score (nSPS) is 19.8. The number of piperazine rings is 1. The van der Waals surface area contributed by atoms with Gasteiger partial charge in [0.05, 0.1) is 30.3 Å². The number of carbonyl (C=O) groups is 4. The maximum atomic E-state index is 12.8. The Hall–Kier alpha value is -3.72. The number of ether oxygens (including phenoxy) is 1. The monoisotopic (exact) mass is 476 g/mol. The predicted molar refractivity (Wildman–Crippen MR) is 128 cm³/mol. The van der Waals surface area contributed by atoms with Crippen molar-refractivity contribution in [3.8, 4) is 0 Å². The van der Waals surface area contributed by atoms with Crippen molar-refractivity contribution in [1.29, 1.82) is 0 Å². The molecule has 2 fully saturated rings. The van der Waals surface area contributed by atoms with Gasteiger partial charge in [-0.1, -0.05) is 18.2 Å². The summed E-state index contributed by atoms with van der Waals surface area (Å²) >= 11 is 0. The summed E-state index contributed by atoms with van der Waals surface area (Å²) in [5.41, 5.74) is 1.87. The summed E-state index contributed by atoms with van der Waals surface area (Å²) in [6, 6.07) is 14.5. The first-order chi connectivity index (χ1) is 17.0. The number of fused-ring (bicyclic) bond motifs is 1. The number of anilines is 1. The third-order valence-electron chi connectivity index (χ3n) is 6.80. The van der Waals surface area contributed by atoms with Crippen LogP contribution in [0.5, 0.6) is 0 Å². The Morgan fingerprint density at radius 3 is 2.40 bits per heavy atom. The van der Waals surface area contributed by atoms with Crippen molar-refractivity contribution in [2.24, 2.45) is 0 Å². The Kier molecular flexibility index (Phi) is 6.50. The van der Waals surface area contributed by atoms with Crippen molar-refractivity contribution in [3.63, 3.8) is 0 Å². The van der Waals surface area contributed by atoms with Crippen LogP contribution in [0.4, 0.5) is 5.69 Å². The Balaban J connectivity index is 1.15. The van der Waals surface area contributed by atoms with Crippen LogP contribution >= 0.6 is 0 Å². The van der Waals surface area contributed by atoms with E-state index in [1.165, 1.54) is 23.1 Å². The summed E-state index contributed by atoms with van der Waals surface area (Å²) in [5.74, 6) is -1.39. The molecule has 3 aliphatic rings. The van der Waals surface area contributed by atoms with Crippen LogP contribution in [0, 0.1) is 0 Å². The molecule has 1 N–H and O–H groups in total. The van der Waals surface area contributed by atoms with Crippen LogP contribution in [0.1, 0.15) is 43.9 Å². The standard InChI is InChI=1S/C26H28N4O5/c31-23(29-12-10-28(11-13-29)19-5-2-1-3-6-19)16-27-24(32)18-8-9-21-22(15-18)26(34)30(25(21)33)17-20-7-4-14-35-20/h1-3,5-6,8-9,15,20H,4,7,10-14,16-17H2,(H,27,32). The van der Waals surface area contributed by atoms with Crippen LogP contribution in [0.25, 0.3) is 0 Å². The highest BCUT2D eigenvalue weighted by molar-refractivity contribution is 6.22. The lowest BCUT2D eigenvalue weighted by Crippen LogP contribution is -2.51. The molecule has 2 saturated heterocycles. The molecule has 182 valence electrons. The number of para-hydroxylation sites is 1. The van der Waals surface area contributed by atoms with Gasteiger partial charge in [-0.3, -0.25) is 24.1 Å². The lowest BCUT2D eigenvalue weighted by atomic mass is 10.1. The molecule has 0 radical (unpaired) electrons. The average molecular weight is 477 g/mol. The molecule has 5 rings (SSSR count). The summed E-state index contributed by atoms with van der Waals surface area (Å²) in [5, 5.41) is 2.65. The molecule has 9 nitrogen and oxygen atoms in total. The third kappa shape index (κ3) is 4.77. The highest BCUT2D eigenvalue weighted by Crippen LogP contribution is 2.26. The zero-order chi connectivity index (χ0) is 24.4. The minimum Gasteiger partial charge on any atom is -0.376 e. The van der Waals surface area contributed by atoms with E-state index in [1.54, 1.807) is 4.90 Å². The van der Waals surface area contributed by atoms with E-state index in [0.29, 0.717) is 19.7 Å². The van der Waals surface area contributed by atoms with E-state index in [4.69, 9.17) is 4.74 Å². The van der Waals surface area contributed by atoms with E-state index in [-0.39, 0.29) is 47.7 Å². The molecule has 2 aromatic rings. The molecule has 3 heterocycles. The van der Waals surface area contributed by atoms with Crippen molar-refractivity contribution in [3.05, 3.63) is 65.2 Å². The van der Waals surface area contributed by atoms with Crippen LogP contribution in [0.3, 0.4) is 0 Å². The molecule has 0 aromatic heterocycles. The van der Waals surface area contributed by atoms with Gasteiger partial charge in [0, 0.05) is 44.0 Å². The number of hydrogen-bond acceptors (Lipinski definition) is 6. The fraction of sp³-hybridized carbons (Fsp3) is 0.385. The fourth-order valence-electron chi connectivity index (χ4n) is 4.81. The molecule has 3 aliphatic heterocycles. The SMILES string of the molecule is O=C(NCC(=O)N1CCN(c2ccccc2)CC1)c1ccc2c(c1)C(=O)N(CC1CCCO1)C2=O. The lowest BCUT2D eigenvalue weighted by Gasteiger charge is -2.36. The summed E-state index contributed by atoms with van der Waals surface area (Å²) in [7, 11) is 0. The zero-order valence-electron chi connectivity index (χ0n) is 19.4. The molecule has 2 aromatic carbocycles. The van der Waals surface area contributed by atoms with Crippen molar-refractivity contribution in [2.75, 3.05) is 50.8 Å². The van der Waals surface area contributed by atoms with E-state index in [1.807, 2.05) is 30.3 Å². The fourth-order valence-corrected chi connectivity index (χ4v) is 4.81. The van der Waals surface area contributed by atoms with Crippen molar-refractivity contribution < 1.29 is 23.9 Å². The maximum Gasteiger partial charge on any atom is 0.261 e. The number of nitrogens with zero attached hydrogens (tertiary/aromatic N) is 3. The lowest BCUT2D eigenvalue weighted by molar-refractivity contribution is -0.130. The van der Waals surface area contributed by atoms with Crippen LogP contribution in [-0.2, 0) is 9.53 Å². The predicted octanol–water partition coefficient (Wildman–Crippen LogP) is 1.54. The minimum atomic E-state index is -0.457. The van der Waals surface area contributed by atoms with Gasteiger partial charge >= 0.3 is 0 Å². The van der Waals surface area contributed by atoms with Gasteiger partial charge in [0.15, 0.2) is 0 Å². The molecule has 0 bridgehead atoms. The quantitative estimate of drug-likeness (QED) is 0.635. The van der Waals surface area contributed by atoms with Crippen LogP contribution in [0.15, 0.2) is 48.5 Å². The summed E-state index contributed by atoms with van der Waals surface area (Å²) in [6.07, 6.45) is 1.59. The number of carbonyl (C=O) groups excluding carboxylic acids is 4. The van der Waals surface area contributed by atoms with E-state index in [2.05, 4.69) is 10.2 Å². The number of rotatable bonds is 6. The largest absolute Gasteiger partial charge is 0.376 e. The first-order valence-electron chi connectivity index (χ1n) is 12.0. The van der Waals surface area contributed by atoms with Crippen LogP contribution < -0.4 is 10.2 Å². The van der Waals surface area contributed by atoms with Gasteiger partial charge in [-0.15, -0.1) is 0 Å². The third-order valence-corrected chi connectivity index (χ3v) is 6.80. The Labute approximate surface area is 203 Å². The maximum absolute atomic E-state index is 12.8. The van der Waals surface area contributed by atoms with E-state index >= 15 is 0 Å². The number of benzene rings is 2. The molecule has 1 atom stereocenters. The second kappa shape index (κ2) is 9.87. The zero-order valence-corrected chi connectivity index (χ0v) is 19.4. The van der Waals surface area contributed by atoms with Gasteiger partial charge in [-0.2, -0.15) is 0 Å². The molecular weight excluding hydrogens is 448 g/mol. The molecule has 0 saturated carbocycles. The van der Waals surface area contributed by atoms with Gasteiger partial charge < -0.3 is 19.9 Å². The van der Waals surface area contributed by atoms with Gasteiger partial charge in [0.1, 0.15) is 0 Å². The highest BCUT2D eigenvalue weighted by atomic mass is 16.5. The van der Waals surface area contributed by atoms with Gasteiger partial charge in [-0.25, -0.2) is 0 Å². The average Bonchev–Trinajstić information content (AvgIpc) is 3.50. The smallest absolute Gasteiger partial charge is 0.261 e. The van der Waals surface area contributed by atoms with Crippen LogP contribution in [-0.4, -0.2) is 85.4 Å². The number of imide groups is 1. The molecular formula is C26H28N4O5. The summed E-state index contributed by atoms with van der Waals surface area (Å²) < 4.78 is 5.56. The van der Waals surface area contributed by atoms with E-state index < -0.39 is 11.8 Å². The molecule has 4 amide bonds. The van der Waals surface area contributed by atoms with Gasteiger partial charge in [0.2, 0.25) is 5.91 Å². The Bertz CT molecular complexity index is 1140. The number of hydrogen-bond donors (Lipinski definition) is 1. The van der Waals surface area contributed by atoms with Gasteiger partial charge in [-0.05, 0) is 43.2 Å².